The maximum Gasteiger partial charge on any atom is 0.262 e. The van der Waals surface area contributed by atoms with Crippen LogP contribution in [0.4, 0.5) is 0 Å². The van der Waals surface area contributed by atoms with Gasteiger partial charge in [-0.2, -0.15) is 4.31 Å². The molecule has 0 saturated carbocycles. The molecule has 0 atom stereocenters. The van der Waals surface area contributed by atoms with E-state index < -0.39 is 10.0 Å². The Bertz CT molecular complexity index is 744. The zero-order valence-electron chi connectivity index (χ0n) is 11.9. The Morgan fingerprint density at radius 2 is 1.95 bits per heavy atom. The first-order valence-corrected chi connectivity index (χ1v) is 9.46. The lowest BCUT2D eigenvalue weighted by atomic mass is 10.3. The number of imidazole rings is 1. The van der Waals surface area contributed by atoms with E-state index in [4.69, 9.17) is 11.6 Å². The molecular formula is C12H17ClN4O2S2. The molecule has 3 heterocycles. The molecular weight excluding hydrogens is 332 g/mol. The molecule has 2 aromatic heterocycles. The monoisotopic (exact) mass is 348 g/mol. The van der Waals surface area contributed by atoms with Crippen LogP contribution in [0.2, 0.25) is 5.15 Å². The van der Waals surface area contributed by atoms with Gasteiger partial charge in [0, 0.05) is 43.8 Å². The largest absolute Gasteiger partial charge is 0.298 e. The smallest absolute Gasteiger partial charge is 0.262 e. The van der Waals surface area contributed by atoms with E-state index in [1.807, 2.05) is 0 Å². The molecule has 1 aliphatic heterocycles. The molecule has 2 aromatic rings. The van der Waals surface area contributed by atoms with Crippen molar-refractivity contribution in [2.45, 2.75) is 24.9 Å². The highest BCUT2D eigenvalue weighted by Crippen LogP contribution is 2.28. The van der Waals surface area contributed by atoms with E-state index >= 15 is 0 Å². The fourth-order valence-electron chi connectivity index (χ4n) is 2.55. The van der Waals surface area contributed by atoms with Crippen LogP contribution >= 0.6 is 22.9 Å². The molecule has 0 bridgehead atoms. The molecule has 1 aliphatic rings. The summed E-state index contributed by atoms with van der Waals surface area (Å²) >= 11 is 7.42. The zero-order chi connectivity index (χ0) is 15.2. The van der Waals surface area contributed by atoms with Crippen LogP contribution in [0.5, 0.6) is 0 Å². The minimum absolute atomic E-state index is 0.0492. The van der Waals surface area contributed by atoms with Crippen molar-refractivity contribution >= 4 is 37.9 Å². The van der Waals surface area contributed by atoms with Gasteiger partial charge in [-0.3, -0.25) is 9.30 Å². The molecule has 0 spiro atoms. The second kappa shape index (κ2) is 5.51. The van der Waals surface area contributed by atoms with Crippen LogP contribution in [0.25, 0.3) is 4.96 Å². The van der Waals surface area contributed by atoms with E-state index in [-0.39, 0.29) is 10.2 Å². The van der Waals surface area contributed by atoms with Crippen LogP contribution in [0.1, 0.15) is 13.8 Å². The number of fused-ring (bicyclic) bond motifs is 1. The van der Waals surface area contributed by atoms with Crippen molar-refractivity contribution < 1.29 is 8.42 Å². The van der Waals surface area contributed by atoms with E-state index in [1.54, 1.807) is 16.0 Å². The predicted molar refractivity (Wildman–Crippen MR) is 83.5 cm³/mol. The molecule has 0 aliphatic carbocycles. The Labute approximate surface area is 133 Å². The first-order chi connectivity index (χ1) is 9.91. The predicted octanol–water partition coefficient (Wildman–Crippen LogP) is 1.76. The Balaban J connectivity index is 1.91. The highest BCUT2D eigenvalue weighted by molar-refractivity contribution is 7.89. The number of aromatic nitrogens is 2. The average molecular weight is 349 g/mol. The quantitative estimate of drug-likeness (QED) is 0.848. The fraction of sp³-hybridized carbons (Fsp3) is 0.583. The van der Waals surface area contributed by atoms with E-state index in [9.17, 15) is 8.42 Å². The lowest BCUT2D eigenvalue weighted by molar-refractivity contribution is 0.154. The van der Waals surface area contributed by atoms with Crippen LogP contribution in [-0.2, 0) is 10.0 Å². The van der Waals surface area contributed by atoms with Crippen LogP contribution in [0.15, 0.2) is 16.6 Å². The first-order valence-electron chi connectivity index (χ1n) is 6.76. The van der Waals surface area contributed by atoms with Crippen LogP contribution in [-0.4, -0.2) is 59.2 Å². The average Bonchev–Trinajstić information content (AvgIpc) is 2.98. The molecule has 116 valence electrons. The van der Waals surface area contributed by atoms with Crippen molar-refractivity contribution in [3.63, 3.8) is 0 Å². The van der Waals surface area contributed by atoms with Crippen molar-refractivity contribution in [2.24, 2.45) is 0 Å². The summed E-state index contributed by atoms with van der Waals surface area (Å²) in [6, 6.07) is 0.428. The number of piperazine rings is 1. The van der Waals surface area contributed by atoms with Gasteiger partial charge in [0.25, 0.3) is 10.0 Å². The minimum atomic E-state index is -3.61. The van der Waals surface area contributed by atoms with Gasteiger partial charge in [-0.15, -0.1) is 11.3 Å². The second-order valence-corrected chi connectivity index (χ2v) is 8.38. The Kier molecular flexibility index (Phi) is 4.00. The Hall–Kier alpha value is -0.670. The van der Waals surface area contributed by atoms with Crippen LogP contribution < -0.4 is 0 Å². The van der Waals surface area contributed by atoms with E-state index in [0.29, 0.717) is 24.1 Å². The van der Waals surface area contributed by atoms with Gasteiger partial charge in [0.1, 0.15) is 0 Å². The summed E-state index contributed by atoms with van der Waals surface area (Å²) in [5.74, 6) is 0. The highest BCUT2D eigenvalue weighted by atomic mass is 35.5. The third-order valence-corrected chi connectivity index (χ3v) is 6.82. The molecule has 21 heavy (non-hydrogen) atoms. The molecule has 0 aromatic carbocycles. The molecule has 0 amide bonds. The number of sulfonamides is 1. The highest BCUT2D eigenvalue weighted by Gasteiger charge is 2.34. The minimum Gasteiger partial charge on any atom is -0.298 e. The number of rotatable bonds is 3. The van der Waals surface area contributed by atoms with Gasteiger partial charge in [-0.25, -0.2) is 13.4 Å². The van der Waals surface area contributed by atoms with Gasteiger partial charge in [-0.05, 0) is 13.8 Å². The maximum atomic E-state index is 12.8. The zero-order valence-corrected chi connectivity index (χ0v) is 14.2. The van der Waals surface area contributed by atoms with E-state index in [2.05, 4.69) is 23.7 Å². The SMILES string of the molecule is CC(C)N1CCN(S(=O)(=O)c2c(Cl)nc3sccn23)CC1. The summed E-state index contributed by atoms with van der Waals surface area (Å²) in [5.41, 5.74) is 0. The van der Waals surface area contributed by atoms with Gasteiger partial charge >= 0.3 is 0 Å². The van der Waals surface area contributed by atoms with E-state index in [1.165, 1.54) is 15.6 Å². The standard InChI is InChI=1S/C12H17ClN4O2S2/c1-9(2)15-3-5-16(6-4-15)21(18,19)11-10(13)14-12-17(11)7-8-20-12/h7-9H,3-6H2,1-2H3. The number of hydrogen-bond acceptors (Lipinski definition) is 5. The summed E-state index contributed by atoms with van der Waals surface area (Å²) in [4.78, 5) is 6.97. The van der Waals surface area contributed by atoms with Crippen molar-refractivity contribution in [1.29, 1.82) is 0 Å². The lowest BCUT2D eigenvalue weighted by Gasteiger charge is -2.35. The van der Waals surface area contributed by atoms with Gasteiger partial charge in [0.15, 0.2) is 15.1 Å². The lowest BCUT2D eigenvalue weighted by Crippen LogP contribution is -2.50. The van der Waals surface area contributed by atoms with Gasteiger partial charge in [0.05, 0.1) is 0 Å². The van der Waals surface area contributed by atoms with Crippen molar-refractivity contribution in [1.82, 2.24) is 18.6 Å². The Morgan fingerprint density at radius 1 is 1.29 bits per heavy atom. The summed E-state index contributed by atoms with van der Waals surface area (Å²) < 4.78 is 28.7. The summed E-state index contributed by atoms with van der Waals surface area (Å²) in [6.07, 6.45) is 1.69. The van der Waals surface area contributed by atoms with Gasteiger partial charge < -0.3 is 0 Å². The number of halogens is 1. The summed E-state index contributed by atoms with van der Waals surface area (Å²) in [5, 5.41) is 1.93. The first kappa shape index (κ1) is 15.2. The van der Waals surface area contributed by atoms with Crippen molar-refractivity contribution in [3.05, 3.63) is 16.7 Å². The topological polar surface area (TPSA) is 57.9 Å². The van der Waals surface area contributed by atoms with Crippen molar-refractivity contribution in [2.75, 3.05) is 26.2 Å². The normalized spacial score (nSPS) is 18.9. The maximum absolute atomic E-state index is 12.8. The molecule has 3 rings (SSSR count). The number of hydrogen-bond donors (Lipinski definition) is 0. The molecule has 9 heteroatoms. The second-order valence-electron chi connectivity index (χ2n) is 5.30. The summed E-state index contributed by atoms with van der Waals surface area (Å²) in [6.45, 7) is 6.67. The molecule has 1 fully saturated rings. The fourth-order valence-corrected chi connectivity index (χ4v) is 5.38. The van der Waals surface area contributed by atoms with E-state index in [0.717, 1.165) is 13.1 Å². The third-order valence-electron chi connectivity index (χ3n) is 3.77. The summed E-state index contributed by atoms with van der Waals surface area (Å²) in [7, 11) is -3.61. The third kappa shape index (κ3) is 2.59. The molecule has 1 saturated heterocycles. The molecule has 0 radical (unpaired) electrons. The van der Waals surface area contributed by atoms with Crippen LogP contribution in [0, 0.1) is 0 Å². The molecule has 0 N–H and O–H groups in total. The van der Waals surface area contributed by atoms with Crippen molar-refractivity contribution in [3.8, 4) is 0 Å². The molecule has 6 nitrogen and oxygen atoms in total. The number of thiazole rings is 1. The van der Waals surface area contributed by atoms with Crippen LogP contribution in [0.3, 0.4) is 0 Å². The van der Waals surface area contributed by atoms with Gasteiger partial charge in [0.2, 0.25) is 0 Å². The van der Waals surface area contributed by atoms with Gasteiger partial charge in [-0.1, -0.05) is 11.6 Å². The Morgan fingerprint density at radius 3 is 2.57 bits per heavy atom. The molecule has 0 unspecified atom stereocenters. The number of nitrogens with zero attached hydrogens (tertiary/aromatic N) is 4.